The summed E-state index contributed by atoms with van der Waals surface area (Å²) in [5, 5.41) is 3.14. The molecular weight excluding hydrogens is 352 g/mol. The van der Waals surface area contributed by atoms with E-state index in [9.17, 15) is 14.4 Å². The Morgan fingerprint density at radius 1 is 1.15 bits per heavy atom. The predicted molar refractivity (Wildman–Crippen MR) is 99.1 cm³/mol. The van der Waals surface area contributed by atoms with E-state index in [0.29, 0.717) is 17.0 Å². The number of amides is 1. The first-order valence-corrected chi connectivity index (χ1v) is 9.23. The number of nitrogens with one attached hydrogen (secondary N) is 1. The first kappa shape index (κ1) is 19.7. The fourth-order valence-electron chi connectivity index (χ4n) is 2.30. The Balaban J connectivity index is 1.92. The summed E-state index contributed by atoms with van der Waals surface area (Å²) in [4.78, 5) is 40.1. The number of nitrogens with zero attached hydrogens (tertiary/aromatic N) is 1. The van der Waals surface area contributed by atoms with Crippen LogP contribution in [-0.2, 0) is 20.7 Å². The molecule has 0 spiro atoms. The molecule has 0 unspecified atom stereocenters. The molecule has 7 heteroatoms. The molecule has 2 aromatic rings. The molecule has 0 aliphatic heterocycles. The fraction of sp³-hybridized carbons (Fsp3) is 0.263. The molecule has 6 nitrogen and oxygen atoms in total. The Kier molecular flexibility index (Phi) is 7.35. The summed E-state index contributed by atoms with van der Waals surface area (Å²) >= 11 is 1.32. The van der Waals surface area contributed by atoms with Gasteiger partial charge in [0.2, 0.25) is 0 Å². The van der Waals surface area contributed by atoms with Gasteiger partial charge in [-0.3, -0.25) is 9.59 Å². The summed E-state index contributed by atoms with van der Waals surface area (Å²) in [6, 6.07) is 11.9. The van der Waals surface area contributed by atoms with Crippen LogP contribution in [0.4, 0.5) is 0 Å². The highest BCUT2D eigenvalue weighted by Gasteiger charge is 2.19. The molecule has 1 N–H and O–H groups in total. The van der Waals surface area contributed by atoms with Crippen LogP contribution in [0.25, 0.3) is 0 Å². The lowest BCUT2D eigenvalue weighted by Crippen LogP contribution is -2.43. The summed E-state index contributed by atoms with van der Waals surface area (Å²) in [5.74, 6) is -1.31. The van der Waals surface area contributed by atoms with Gasteiger partial charge >= 0.3 is 5.97 Å². The number of aromatic nitrogens is 1. The highest BCUT2D eigenvalue weighted by Crippen LogP contribution is 2.17. The number of ether oxygens (including phenoxy) is 1. The maximum Gasteiger partial charge on any atom is 0.341 e. The average Bonchev–Trinajstić information content (AvgIpc) is 2.66. The molecule has 0 saturated carbocycles. The van der Waals surface area contributed by atoms with Crippen molar-refractivity contribution in [2.75, 3.05) is 12.9 Å². The van der Waals surface area contributed by atoms with Gasteiger partial charge in [-0.1, -0.05) is 30.3 Å². The molecule has 1 aromatic heterocycles. The van der Waals surface area contributed by atoms with Gasteiger partial charge in [0.25, 0.3) is 5.91 Å². The van der Waals surface area contributed by atoms with Crippen LogP contribution in [0.2, 0.25) is 0 Å². The van der Waals surface area contributed by atoms with E-state index < -0.39 is 24.5 Å². The third kappa shape index (κ3) is 5.70. The van der Waals surface area contributed by atoms with Crippen LogP contribution in [0, 0.1) is 0 Å². The van der Waals surface area contributed by atoms with Crippen molar-refractivity contribution < 1.29 is 19.1 Å². The van der Waals surface area contributed by atoms with Crippen LogP contribution in [0.3, 0.4) is 0 Å². The van der Waals surface area contributed by atoms with Crippen LogP contribution in [0.15, 0.2) is 53.7 Å². The van der Waals surface area contributed by atoms with Gasteiger partial charge in [-0.05, 0) is 37.3 Å². The summed E-state index contributed by atoms with van der Waals surface area (Å²) in [7, 11) is 0. The van der Waals surface area contributed by atoms with Crippen LogP contribution < -0.4 is 5.32 Å². The van der Waals surface area contributed by atoms with Crippen molar-refractivity contribution in [3.8, 4) is 0 Å². The molecule has 0 bridgehead atoms. The van der Waals surface area contributed by atoms with Crippen molar-refractivity contribution in [2.45, 2.75) is 24.4 Å². The highest BCUT2D eigenvalue weighted by atomic mass is 32.2. The van der Waals surface area contributed by atoms with Gasteiger partial charge in [0.1, 0.15) is 5.03 Å². The van der Waals surface area contributed by atoms with Crippen molar-refractivity contribution >= 4 is 29.4 Å². The topological polar surface area (TPSA) is 85.4 Å². The Morgan fingerprint density at radius 3 is 2.54 bits per heavy atom. The molecule has 2 rings (SSSR count). The molecule has 26 heavy (non-hydrogen) atoms. The number of benzene rings is 1. The summed E-state index contributed by atoms with van der Waals surface area (Å²) in [6.45, 7) is 0.959. The van der Waals surface area contributed by atoms with E-state index in [1.54, 1.807) is 24.6 Å². The van der Waals surface area contributed by atoms with Gasteiger partial charge in [0.05, 0.1) is 11.6 Å². The van der Waals surface area contributed by atoms with E-state index in [2.05, 4.69) is 10.3 Å². The van der Waals surface area contributed by atoms with E-state index in [4.69, 9.17) is 4.74 Å². The Morgan fingerprint density at radius 2 is 1.88 bits per heavy atom. The summed E-state index contributed by atoms with van der Waals surface area (Å²) in [6.07, 6.45) is 3.76. The first-order chi connectivity index (χ1) is 12.5. The minimum Gasteiger partial charge on any atom is -0.452 e. The number of rotatable bonds is 8. The molecule has 0 aliphatic rings. The van der Waals surface area contributed by atoms with E-state index in [-0.39, 0.29) is 5.78 Å². The third-order valence-corrected chi connectivity index (χ3v) is 4.34. The molecule has 1 amide bonds. The number of hydrogen-bond donors (Lipinski definition) is 1. The smallest absolute Gasteiger partial charge is 0.341 e. The Labute approximate surface area is 156 Å². The van der Waals surface area contributed by atoms with E-state index in [1.165, 1.54) is 18.7 Å². The Hall–Kier alpha value is -2.67. The molecule has 0 aliphatic carbocycles. The van der Waals surface area contributed by atoms with Gasteiger partial charge < -0.3 is 10.1 Å². The quantitative estimate of drug-likeness (QED) is 0.565. The lowest BCUT2D eigenvalue weighted by molar-refractivity contribution is -0.128. The van der Waals surface area contributed by atoms with E-state index >= 15 is 0 Å². The second-order valence-electron chi connectivity index (χ2n) is 5.56. The zero-order valence-electron chi connectivity index (χ0n) is 14.6. The minimum atomic E-state index is -0.663. The number of pyridine rings is 1. The minimum absolute atomic E-state index is 0.162. The lowest BCUT2D eigenvalue weighted by atomic mass is 10.0. The average molecular weight is 372 g/mol. The number of hydrogen-bond acceptors (Lipinski definition) is 6. The number of ketones is 1. The summed E-state index contributed by atoms with van der Waals surface area (Å²) in [5.41, 5.74) is 1.24. The van der Waals surface area contributed by atoms with Crippen molar-refractivity contribution in [1.29, 1.82) is 0 Å². The molecule has 0 fully saturated rings. The van der Waals surface area contributed by atoms with Crippen molar-refractivity contribution in [3.63, 3.8) is 0 Å². The SMILES string of the molecule is CSc1ncccc1C(=O)OCC(=O)N[C@@H](Cc1ccccc1)C(C)=O. The predicted octanol–water partition coefficient (Wildman–Crippen LogP) is 2.28. The zero-order chi connectivity index (χ0) is 18.9. The summed E-state index contributed by atoms with van der Waals surface area (Å²) < 4.78 is 5.05. The number of Topliss-reactive ketones (excluding diaryl/α,β-unsaturated/α-hetero) is 1. The van der Waals surface area contributed by atoms with Gasteiger partial charge in [-0.2, -0.15) is 0 Å². The van der Waals surface area contributed by atoms with Crippen molar-refractivity contribution in [2.24, 2.45) is 0 Å². The van der Waals surface area contributed by atoms with Crippen molar-refractivity contribution in [1.82, 2.24) is 10.3 Å². The third-order valence-electron chi connectivity index (χ3n) is 3.63. The largest absolute Gasteiger partial charge is 0.452 e. The van der Waals surface area contributed by atoms with Crippen LogP contribution in [0.5, 0.6) is 0 Å². The second kappa shape index (κ2) is 9.72. The first-order valence-electron chi connectivity index (χ1n) is 8.01. The highest BCUT2D eigenvalue weighted by molar-refractivity contribution is 7.98. The number of thioether (sulfide) groups is 1. The number of carbonyl (C=O) groups excluding carboxylic acids is 3. The maximum atomic E-state index is 12.1. The molecule has 1 heterocycles. The van der Waals surface area contributed by atoms with E-state index in [0.717, 1.165) is 5.56 Å². The van der Waals surface area contributed by atoms with Gasteiger partial charge in [-0.25, -0.2) is 9.78 Å². The second-order valence-corrected chi connectivity index (χ2v) is 6.35. The van der Waals surface area contributed by atoms with Crippen LogP contribution in [0.1, 0.15) is 22.8 Å². The molecule has 0 saturated heterocycles. The van der Waals surface area contributed by atoms with Gasteiger partial charge in [0, 0.05) is 6.20 Å². The maximum absolute atomic E-state index is 12.1. The standard InChI is InChI=1S/C19H20N2O4S/c1-13(22)16(11-14-7-4-3-5-8-14)21-17(23)12-25-19(24)15-9-6-10-20-18(15)26-2/h3-10,16H,11-12H2,1-2H3,(H,21,23)/t16-/m0/s1. The molecule has 1 atom stereocenters. The van der Waals surface area contributed by atoms with Gasteiger partial charge in [-0.15, -0.1) is 11.8 Å². The fourth-order valence-corrected chi connectivity index (χ4v) is 2.84. The molecular formula is C19H20N2O4S. The zero-order valence-corrected chi connectivity index (χ0v) is 15.4. The van der Waals surface area contributed by atoms with Crippen molar-refractivity contribution in [3.05, 3.63) is 59.8 Å². The molecule has 1 aromatic carbocycles. The number of esters is 1. The monoisotopic (exact) mass is 372 g/mol. The van der Waals surface area contributed by atoms with Gasteiger partial charge in [0.15, 0.2) is 12.4 Å². The molecule has 136 valence electrons. The van der Waals surface area contributed by atoms with Crippen LogP contribution in [-0.4, -0.2) is 41.5 Å². The Bertz CT molecular complexity index is 780. The normalized spacial score (nSPS) is 11.5. The van der Waals surface area contributed by atoms with E-state index in [1.807, 2.05) is 30.3 Å². The molecule has 0 radical (unpaired) electrons. The lowest BCUT2D eigenvalue weighted by Gasteiger charge is -2.16. The number of carbonyl (C=O) groups is 3. The van der Waals surface area contributed by atoms with Crippen LogP contribution >= 0.6 is 11.8 Å².